The molecule has 0 aliphatic carbocycles. The minimum absolute atomic E-state index is 0. The van der Waals surface area contributed by atoms with E-state index >= 15 is 0 Å². The van der Waals surface area contributed by atoms with Crippen molar-refractivity contribution in [3.05, 3.63) is 65.7 Å². The molecule has 0 spiro atoms. The fraction of sp³-hybridized carbons (Fsp3) is 0.391. The summed E-state index contributed by atoms with van der Waals surface area (Å²) >= 11 is 0. The van der Waals surface area contributed by atoms with Crippen molar-refractivity contribution in [2.75, 3.05) is 18.0 Å². The molecule has 28 heavy (non-hydrogen) atoms. The number of hydrogen-bond donors (Lipinski definition) is 1. The van der Waals surface area contributed by atoms with Gasteiger partial charge < -0.3 is 10.2 Å². The van der Waals surface area contributed by atoms with Crippen molar-refractivity contribution in [1.82, 2.24) is 5.32 Å². The van der Waals surface area contributed by atoms with Crippen molar-refractivity contribution in [3.8, 4) is 0 Å². The van der Waals surface area contributed by atoms with E-state index < -0.39 is 5.54 Å². The molecule has 1 amide bonds. The van der Waals surface area contributed by atoms with Gasteiger partial charge in [-0.1, -0.05) is 69.3 Å². The molecule has 2 aromatic carbocycles. The Morgan fingerprint density at radius 2 is 1.79 bits per heavy atom. The first-order valence-electron chi connectivity index (χ1n) is 9.76. The van der Waals surface area contributed by atoms with Gasteiger partial charge in [-0.25, -0.2) is 0 Å². The molecule has 2 aromatic rings. The number of carbonyl (C=O) groups excluding carboxylic acids is 1. The highest BCUT2D eigenvalue weighted by atomic mass is 35.5. The number of halogens is 1. The van der Waals surface area contributed by atoms with Gasteiger partial charge in [-0.2, -0.15) is 0 Å². The van der Waals surface area contributed by atoms with E-state index in [0.29, 0.717) is 6.42 Å². The van der Waals surface area contributed by atoms with E-state index in [1.807, 2.05) is 31.2 Å². The monoisotopic (exact) mass is 397 g/mol. The van der Waals surface area contributed by atoms with E-state index in [9.17, 15) is 4.79 Å². The Balaban J connectivity index is 0.00000225. The quantitative estimate of drug-likeness (QED) is 0.823. The van der Waals surface area contributed by atoms with Crippen LogP contribution in [0.15, 0.2) is 59.6 Å². The van der Waals surface area contributed by atoms with Crippen LogP contribution in [0.25, 0.3) is 0 Å². The van der Waals surface area contributed by atoms with Gasteiger partial charge in [-0.3, -0.25) is 9.79 Å². The molecule has 148 valence electrons. The summed E-state index contributed by atoms with van der Waals surface area (Å²) in [5.41, 5.74) is 2.68. The Hall–Kier alpha value is -2.33. The summed E-state index contributed by atoms with van der Waals surface area (Å²) in [5.74, 6) is 1.00. The van der Waals surface area contributed by atoms with Crippen LogP contribution >= 0.6 is 12.4 Å². The average Bonchev–Trinajstić information content (AvgIpc) is 2.92. The normalized spacial score (nSPS) is 21.8. The zero-order valence-corrected chi connectivity index (χ0v) is 17.6. The number of amidine groups is 1. The third-order valence-electron chi connectivity index (χ3n) is 5.44. The van der Waals surface area contributed by atoms with Gasteiger partial charge in [0.1, 0.15) is 5.84 Å². The van der Waals surface area contributed by atoms with E-state index in [-0.39, 0.29) is 23.7 Å². The fourth-order valence-electron chi connectivity index (χ4n) is 4.26. The molecule has 0 aromatic heterocycles. The molecule has 0 bridgehead atoms. The molecule has 0 fully saturated rings. The van der Waals surface area contributed by atoms with Gasteiger partial charge in [-0.15, -0.1) is 12.4 Å². The van der Waals surface area contributed by atoms with Crippen molar-refractivity contribution < 1.29 is 4.79 Å². The molecule has 0 radical (unpaired) electrons. The average molecular weight is 398 g/mol. The summed E-state index contributed by atoms with van der Waals surface area (Å²) in [4.78, 5) is 20.1. The van der Waals surface area contributed by atoms with E-state index in [1.165, 1.54) is 0 Å². The summed E-state index contributed by atoms with van der Waals surface area (Å²) < 4.78 is 0. The molecular weight excluding hydrogens is 370 g/mol. The molecule has 0 saturated carbocycles. The predicted molar refractivity (Wildman–Crippen MR) is 117 cm³/mol. The van der Waals surface area contributed by atoms with Crippen molar-refractivity contribution in [1.29, 1.82) is 0 Å². The molecular formula is C23H28ClN3O. The van der Waals surface area contributed by atoms with E-state index in [4.69, 9.17) is 4.99 Å². The number of amides is 1. The highest BCUT2D eigenvalue weighted by Crippen LogP contribution is 2.47. The minimum Gasteiger partial charge on any atom is -0.336 e. The third-order valence-corrected chi connectivity index (χ3v) is 5.44. The highest BCUT2D eigenvalue weighted by molar-refractivity contribution is 6.15. The Kier molecular flexibility index (Phi) is 5.53. The van der Waals surface area contributed by atoms with Gasteiger partial charge in [0.2, 0.25) is 5.91 Å². The lowest BCUT2D eigenvalue weighted by molar-refractivity contribution is -0.122. The predicted octanol–water partition coefficient (Wildman–Crippen LogP) is 4.53. The van der Waals surface area contributed by atoms with Gasteiger partial charge >= 0.3 is 0 Å². The summed E-state index contributed by atoms with van der Waals surface area (Å²) in [6, 6.07) is 18.6. The van der Waals surface area contributed by atoms with Crippen LogP contribution in [0.2, 0.25) is 0 Å². The van der Waals surface area contributed by atoms with Crippen molar-refractivity contribution in [3.63, 3.8) is 0 Å². The summed E-state index contributed by atoms with van der Waals surface area (Å²) in [6.45, 7) is 8.17. The van der Waals surface area contributed by atoms with Crippen LogP contribution in [-0.4, -0.2) is 24.8 Å². The number of benzene rings is 2. The molecule has 2 heterocycles. The van der Waals surface area contributed by atoms with Crippen LogP contribution in [0.3, 0.4) is 0 Å². The standard InChI is InChI=1S/C23H27N3O.ClH/c1-4-10-20(27)25-23(17-11-6-5-7-12-17)18-13-8-9-14-19(18)26-16-22(2,3)15-24-21(23)26;/h5-9,11-14H,4,10,15-16H2,1-3H3,(H,25,27);1H. The van der Waals surface area contributed by atoms with Gasteiger partial charge in [-0.05, 0) is 18.1 Å². The maximum atomic E-state index is 12.8. The molecule has 4 rings (SSSR count). The second-order valence-electron chi connectivity index (χ2n) is 8.32. The summed E-state index contributed by atoms with van der Waals surface area (Å²) in [6.07, 6.45) is 1.33. The first-order valence-corrected chi connectivity index (χ1v) is 9.76. The molecule has 5 heteroatoms. The first kappa shape index (κ1) is 20.4. The minimum atomic E-state index is -0.722. The first-order chi connectivity index (χ1) is 13.0. The number of aliphatic imine (C=N–C) groups is 1. The zero-order valence-electron chi connectivity index (χ0n) is 16.7. The third kappa shape index (κ3) is 3.20. The number of rotatable bonds is 4. The van der Waals surface area contributed by atoms with Gasteiger partial charge in [0.25, 0.3) is 0 Å². The van der Waals surface area contributed by atoms with Crippen LogP contribution in [0, 0.1) is 5.41 Å². The SMILES string of the molecule is CCCC(=O)NC1(c2ccccc2)C2=NCC(C)(C)CN2c2ccccc21.Cl. The van der Waals surface area contributed by atoms with E-state index in [1.54, 1.807) is 0 Å². The molecule has 1 atom stereocenters. The van der Waals surface area contributed by atoms with Crippen molar-refractivity contribution >= 4 is 29.8 Å². The molecule has 4 nitrogen and oxygen atoms in total. The maximum absolute atomic E-state index is 12.8. The zero-order chi connectivity index (χ0) is 19.1. The second kappa shape index (κ2) is 7.59. The molecule has 0 saturated heterocycles. The van der Waals surface area contributed by atoms with Crippen LogP contribution in [0.5, 0.6) is 0 Å². The fourth-order valence-corrected chi connectivity index (χ4v) is 4.26. The van der Waals surface area contributed by atoms with Crippen molar-refractivity contribution in [2.24, 2.45) is 10.4 Å². The lowest BCUT2D eigenvalue weighted by Crippen LogP contribution is -2.57. The molecule has 2 aliphatic heterocycles. The highest BCUT2D eigenvalue weighted by Gasteiger charge is 2.53. The van der Waals surface area contributed by atoms with Crippen molar-refractivity contribution in [2.45, 2.75) is 39.2 Å². The van der Waals surface area contributed by atoms with E-state index in [0.717, 1.165) is 42.2 Å². The lowest BCUT2D eigenvalue weighted by atomic mass is 9.82. The van der Waals surface area contributed by atoms with E-state index in [2.05, 4.69) is 54.4 Å². The Labute approximate surface area is 173 Å². The van der Waals surface area contributed by atoms with Crippen LogP contribution in [-0.2, 0) is 10.3 Å². The van der Waals surface area contributed by atoms with Gasteiger partial charge in [0, 0.05) is 36.2 Å². The number of hydrogen-bond acceptors (Lipinski definition) is 3. The van der Waals surface area contributed by atoms with Crippen LogP contribution < -0.4 is 10.2 Å². The Morgan fingerprint density at radius 1 is 1.11 bits per heavy atom. The smallest absolute Gasteiger partial charge is 0.221 e. The van der Waals surface area contributed by atoms with Gasteiger partial charge in [0.15, 0.2) is 5.54 Å². The number of fused-ring (bicyclic) bond motifs is 3. The number of carbonyl (C=O) groups is 1. The summed E-state index contributed by atoms with van der Waals surface area (Å²) in [5, 5.41) is 3.38. The van der Waals surface area contributed by atoms with Crippen LogP contribution in [0.4, 0.5) is 5.69 Å². The maximum Gasteiger partial charge on any atom is 0.221 e. The second-order valence-corrected chi connectivity index (χ2v) is 8.32. The van der Waals surface area contributed by atoms with Crippen LogP contribution in [0.1, 0.15) is 44.7 Å². The Morgan fingerprint density at radius 3 is 2.50 bits per heavy atom. The summed E-state index contributed by atoms with van der Waals surface area (Å²) in [7, 11) is 0. The Bertz CT molecular complexity index is 894. The topological polar surface area (TPSA) is 44.7 Å². The lowest BCUT2D eigenvalue weighted by Gasteiger charge is -2.40. The molecule has 1 N–H and O–H groups in total. The number of para-hydroxylation sites is 1. The number of nitrogens with zero attached hydrogens (tertiary/aromatic N) is 2. The molecule has 1 unspecified atom stereocenters. The molecule has 2 aliphatic rings. The number of anilines is 1. The largest absolute Gasteiger partial charge is 0.336 e. The van der Waals surface area contributed by atoms with Gasteiger partial charge in [0.05, 0.1) is 0 Å². The number of nitrogens with one attached hydrogen (secondary N) is 1.